The average Bonchev–Trinajstić information content (AvgIpc) is 2.80. The number of halogens is 30. The van der Waals surface area contributed by atoms with Crippen LogP contribution in [0.2, 0.25) is 0 Å². The number of alkyl halides is 30. The molecule has 0 aliphatic heterocycles. The SMILES string of the molecule is O=[P+](OC(F)(F)C(F)(F)C(F)(F)C(F)(F)C(F)(F)C(F)(F)C(F)(F)F)OC(F)(F)C(F)(F)C(F)(F)C(F)(F)C(F)(F)C(F)(F)C(F)(F)F. The first-order chi connectivity index (χ1) is 20.1. The zero-order chi connectivity index (χ0) is 40.0. The van der Waals surface area contributed by atoms with Crippen molar-refractivity contribution in [1.82, 2.24) is 0 Å². The van der Waals surface area contributed by atoms with E-state index >= 15 is 0 Å². The maximum atomic E-state index is 13.5. The molecule has 3 nitrogen and oxygen atoms in total. The molecule has 0 N–H and O–H groups in total. The van der Waals surface area contributed by atoms with Gasteiger partial charge in [0.05, 0.1) is 0 Å². The standard InChI is InChI=1S/C14F30O3P/c15-1(16,3(19,20)7(27,28)11(35,36)37)5(23,24)9(31,32)13(41,42)46-48(45)47-14(43,44)10(33,34)6(25,26)2(17,18)4(21,22)8(29,30)12(38,39)40/q+1. The van der Waals surface area contributed by atoms with E-state index in [1.807, 2.05) is 0 Å². The Hall–Kier alpha value is -2.08. The van der Waals surface area contributed by atoms with Gasteiger partial charge in [-0.2, -0.15) is 132 Å². The lowest BCUT2D eigenvalue weighted by atomic mass is 9.93. The molecule has 0 radical (unpaired) electrons. The van der Waals surface area contributed by atoms with Crippen molar-refractivity contribution >= 4 is 8.25 Å². The minimum atomic E-state index is -9.17. The van der Waals surface area contributed by atoms with Crippen LogP contribution in [0, 0.1) is 0 Å². The van der Waals surface area contributed by atoms with E-state index in [1.165, 1.54) is 9.05 Å². The molecule has 0 fully saturated rings. The number of hydrogen-bond donors (Lipinski definition) is 0. The Labute approximate surface area is 239 Å². The van der Waals surface area contributed by atoms with Gasteiger partial charge in [0, 0.05) is 4.57 Å². The second-order valence-electron chi connectivity index (χ2n) is 8.18. The molecule has 0 spiro atoms. The summed E-state index contributed by atoms with van der Waals surface area (Å²) in [6, 6.07) is 0. The van der Waals surface area contributed by atoms with E-state index in [4.69, 9.17) is 0 Å². The minimum absolute atomic E-state index is 1.42. The molecule has 0 amide bonds. The van der Waals surface area contributed by atoms with Crippen molar-refractivity contribution in [1.29, 1.82) is 0 Å². The summed E-state index contributed by atoms with van der Waals surface area (Å²) in [5.41, 5.74) is 0. The Balaban J connectivity index is 6.77. The molecule has 0 aromatic carbocycles. The molecule has 0 aromatic heterocycles. The first-order valence-electron chi connectivity index (χ1n) is 9.63. The van der Waals surface area contributed by atoms with Crippen LogP contribution in [0.4, 0.5) is 132 Å². The highest BCUT2D eigenvalue weighted by atomic mass is 31.1. The van der Waals surface area contributed by atoms with Crippen molar-refractivity contribution in [2.45, 2.75) is 83.8 Å². The van der Waals surface area contributed by atoms with Crippen molar-refractivity contribution in [3.63, 3.8) is 0 Å². The largest absolute Gasteiger partial charge is 0.710 e. The summed E-state index contributed by atoms with van der Waals surface area (Å²) in [7, 11) is -7.09. The Bertz CT molecular complexity index is 1100. The van der Waals surface area contributed by atoms with E-state index in [1.54, 1.807) is 0 Å². The van der Waals surface area contributed by atoms with Gasteiger partial charge in [0.15, 0.2) is 0 Å². The quantitative estimate of drug-likeness (QED) is 0.129. The lowest BCUT2D eigenvalue weighted by molar-refractivity contribution is -0.469. The summed E-state index contributed by atoms with van der Waals surface area (Å²) in [4.78, 5) is 0. The molecule has 48 heavy (non-hydrogen) atoms. The van der Waals surface area contributed by atoms with E-state index in [0.29, 0.717) is 0 Å². The van der Waals surface area contributed by atoms with Gasteiger partial charge < -0.3 is 0 Å². The van der Waals surface area contributed by atoms with E-state index in [-0.39, 0.29) is 0 Å². The highest BCUT2D eigenvalue weighted by Gasteiger charge is 2.96. The Morgan fingerprint density at radius 1 is 0.250 bits per heavy atom. The molecule has 0 aliphatic carbocycles. The van der Waals surface area contributed by atoms with Crippen LogP contribution in [0.3, 0.4) is 0 Å². The average molecular weight is 817 g/mol. The predicted molar refractivity (Wildman–Crippen MR) is 81.3 cm³/mol. The lowest BCUT2D eigenvalue weighted by Crippen LogP contribution is -2.73. The van der Waals surface area contributed by atoms with E-state index in [0.717, 1.165) is 0 Å². The van der Waals surface area contributed by atoms with Crippen molar-refractivity contribution in [3.05, 3.63) is 0 Å². The van der Waals surface area contributed by atoms with Crippen LogP contribution in [0.5, 0.6) is 0 Å². The van der Waals surface area contributed by atoms with Gasteiger partial charge in [-0.05, 0) is 9.05 Å². The molecule has 288 valence electrons. The van der Waals surface area contributed by atoms with Gasteiger partial charge in [-0.3, -0.25) is 0 Å². The summed E-state index contributed by atoms with van der Waals surface area (Å²) in [5.74, 6) is -89.7. The molecular weight excluding hydrogens is 817 g/mol. The fourth-order valence-electron chi connectivity index (χ4n) is 2.23. The second kappa shape index (κ2) is 11.5. The molecule has 0 bridgehead atoms. The first kappa shape index (κ1) is 45.9. The number of rotatable bonds is 14. The van der Waals surface area contributed by atoms with E-state index in [9.17, 15) is 136 Å². The minimum Gasteiger partial charge on any atom is -0.192 e. The predicted octanol–water partition coefficient (Wildman–Crippen LogP) is 10.3. The fraction of sp³-hybridized carbons (Fsp3) is 1.00. The van der Waals surface area contributed by atoms with Crippen LogP contribution in [0.1, 0.15) is 0 Å². The van der Waals surface area contributed by atoms with Crippen LogP contribution in [0.15, 0.2) is 0 Å². The van der Waals surface area contributed by atoms with Gasteiger partial charge in [0.25, 0.3) is 0 Å². The monoisotopic (exact) mass is 817 g/mol. The van der Waals surface area contributed by atoms with Crippen LogP contribution in [-0.4, -0.2) is 83.8 Å². The highest BCUT2D eigenvalue weighted by Crippen LogP contribution is 2.65. The summed E-state index contributed by atoms with van der Waals surface area (Å²) < 4.78 is 402. The summed E-state index contributed by atoms with van der Waals surface area (Å²) >= 11 is 0. The van der Waals surface area contributed by atoms with Gasteiger partial charge in [0.2, 0.25) is 0 Å². The van der Waals surface area contributed by atoms with E-state index < -0.39 is 92.0 Å². The van der Waals surface area contributed by atoms with Crippen molar-refractivity contribution in [2.75, 3.05) is 0 Å². The van der Waals surface area contributed by atoms with Crippen molar-refractivity contribution in [3.8, 4) is 0 Å². The van der Waals surface area contributed by atoms with Crippen molar-refractivity contribution in [2.24, 2.45) is 0 Å². The van der Waals surface area contributed by atoms with Gasteiger partial charge in [0.1, 0.15) is 0 Å². The highest BCUT2D eigenvalue weighted by molar-refractivity contribution is 7.33. The molecule has 0 saturated carbocycles. The van der Waals surface area contributed by atoms with Crippen LogP contribution >= 0.6 is 8.25 Å². The van der Waals surface area contributed by atoms with Gasteiger partial charge in [-0.15, -0.1) is 0 Å². The Kier molecular flexibility index (Phi) is 11.0. The molecule has 34 heteroatoms. The summed E-state index contributed by atoms with van der Waals surface area (Å²) in [6.45, 7) is 0. The Morgan fingerprint density at radius 2 is 0.396 bits per heavy atom. The zero-order valence-electron chi connectivity index (χ0n) is 20.0. The Morgan fingerprint density at radius 3 is 0.562 bits per heavy atom. The topological polar surface area (TPSA) is 35.5 Å². The van der Waals surface area contributed by atoms with Gasteiger partial charge in [-0.25, -0.2) is 0 Å². The van der Waals surface area contributed by atoms with Gasteiger partial charge in [-0.1, -0.05) is 0 Å². The molecule has 0 atom stereocenters. The fourth-order valence-corrected chi connectivity index (χ4v) is 2.87. The molecule has 0 heterocycles. The third-order valence-corrected chi connectivity index (χ3v) is 5.73. The van der Waals surface area contributed by atoms with Gasteiger partial charge >= 0.3 is 92.0 Å². The molecule has 0 saturated heterocycles. The number of hydrogen-bond acceptors (Lipinski definition) is 3. The van der Waals surface area contributed by atoms with Crippen LogP contribution in [0.25, 0.3) is 0 Å². The smallest absolute Gasteiger partial charge is 0.192 e. The lowest BCUT2D eigenvalue weighted by Gasteiger charge is -2.40. The third-order valence-electron chi connectivity index (χ3n) is 4.98. The van der Waals surface area contributed by atoms with Crippen LogP contribution in [-0.2, 0) is 13.6 Å². The first-order valence-corrected chi connectivity index (χ1v) is 10.7. The zero-order valence-corrected chi connectivity index (χ0v) is 20.9. The second-order valence-corrected chi connectivity index (χ2v) is 8.99. The van der Waals surface area contributed by atoms with E-state index in [2.05, 4.69) is 0 Å². The van der Waals surface area contributed by atoms with Crippen molar-refractivity contribution < 1.29 is 145 Å². The third kappa shape index (κ3) is 6.02. The van der Waals surface area contributed by atoms with Crippen LogP contribution < -0.4 is 0 Å². The maximum absolute atomic E-state index is 13.5. The molecule has 0 rings (SSSR count). The maximum Gasteiger partial charge on any atom is 0.710 e. The normalized spacial score (nSPS) is 16.8. The molecule has 0 aliphatic rings. The molecule has 0 unspecified atom stereocenters. The summed E-state index contributed by atoms with van der Waals surface area (Å²) in [6.07, 6.45) is -33.1. The summed E-state index contributed by atoms with van der Waals surface area (Å²) in [5, 5.41) is 0. The molecular formula is C14F30O3P+. The molecule has 0 aromatic rings.